The number of amides is 1. The van der Waals surface area contributed by atoms with E-state index in [9.17, 15) is 4.79 Å². The molecule has 0 bridgehead atoms. The summed E-state index contributed by atoms with van der Waals surface area (Å²) >= 11 is 3.40. The standard InChI is InChI=1S/C16H17BrN2O2/c1-12(13-5-4-9-18-11-13)19-16(20)8-10-21-15-7-3-2-6-14(15)17/h2-7,9,11-12H,8,10H2,1H3,(H,19,20)/t12-/m0/s1. The van der Waals surface area contributed by atoms with Crippen LogP contribution >= 0.6 is 15.9 Å². The van der Waals surface area contributed by atoms with E-state index in [-0.39, 0.29) is 11.9 Å². The summed E-state index contributed by atoms with van der Waals surface area (Å²) in [7, 11) is 0. The van der Waals surface area contributed by atoms with Gasteiger partial charge in [-0.05, 0) is 46.6 Å². The Hall–Kier alpha value is -1.88. The maximum atomic E-state index is 11.9. The Morgan fingerprint density at radius 3 is 2.86 bits per heavy atom. The molecule has 1 heterocycles. The molecule has 4 nitrogen and oxygen atoms in total. The first-order valence-corrected chi connectivity index (χ1v) is 7.52. The molecule has 0 fully saturated rings. The highest BCUT2D eigenvalue weighted by molar-refractivity contribution is 9.10. The molecule has 0 aliphatic carbocycles. The van der Waals surface area contributed by atoms with Crippen LogP contribution in [-0.4, -0.2) is 17.5 Å². The van der Waals surface area contributed by atoms with E-state index >= 15 is 0 Å². The number of ether oxygens (including phenoxy) is 1. The summed E-state index contributed by atoms with van der Waals surface area (Å²) in [6.07, 6.45) is 3.78. The second-order valence-corrected chi connectivity index (χ2v) is 5.46. The predicted molar refractivity (Wildman–Crippen MR) is 85.0 cm³/mol. The fraction of sp³-hybridized carbons (Fsp3) is 0.250. The molecule has 1 aromatic heterocycles. The molecule has 0 spiro atoms. The third kappa shape index (κ3) is 4.86. The van der Waals surface area contributed by atoms with Crippen LogP contribution in [0.2, 0.25) is 0 Å². The molecule has 21 heavy (non-hydrogen) atoms. The van der Waals surface area contributed by atoms with Gasteiger partial charge in [0.05, 0.1) is 23.5 Å². The number of carbonyl (C=O) groups is 1. The SMILES string of the molecule is C[C@H](NC(=O)CCOc1ccccc1Br)c1cccnc1. The number of aromatic nitrogens is 1. The molecule has 1 N–H and O–H groups in total. The van der Waals surface area contributed by atoms with Crippen molar-refractivity contribution in [1.29, 1.82) is 0 Å². The van der Waals surface area contributed by atoms with Crippen LogP contribution in [0.15, 0.2) is 53.3 Å². The molecule has 1 amide bonds. The van der Waals surface area contributed by atoms with Gasteiger partial charge in [0.25, 0.3) is 0 Å². The fourth-order valence-electron chi connectivity index (χ4n) is 1.84. The van der Waals surface area contributed by atoms with E-state index in [0.717, 1.165) is 15.8 Å². The molecule has 0 saturated carbocycles. The van der Waals surface area contributed by atoms with Crippen molar-refractivity contribution in [3.05, 3.63) is 58.8 Å². The summed E-state index contributed by atoms with van der Waals surface area (Å²) in [6.45, 7) is 2.28. The zero-order valence-corrected chi connectivity index (χ0v) is 13.3. The van der Waals surface area contributed by atoms with E-state index < -0.39 is 0 Å². The number of hydrogen-bond acceptors (Lipinski definition) is 3. The molecule has 2 aromatic rings. The van der Waals surface area contributed by atoms with Crippen LogP contribution in [0.25, 0.3) is 0 Å². The largest absolute Gasteiger partial charge is 0.492 e. The average molecular weight is 349 g/mol. The average Bonchev–Trinajstić information content (AvgIpc) is 2.50. The van der Waals surface area contributed by atoms with E-state index in [4.69, 9.17) is 4.74 Å². The first kappa shape index (κ1) is 15.5. The first-order valence-electron chi connectivity index (χ1n) is 6.73. The zero-order chi connectivity index (χ0) is 15.1. The highest BCUT2D eigenvalue weighted by Gasteiger charge is 2.09. The Bertz CT molecular complexity index is 590. The number of pyridine rings is 1. The number of para-hydroxylation sites is 1. The summed E-state index contributed by atoms with van der Waals surface area (Å²) in [5, 5.41) is 2.93. The Labute approximate surface area is 132 Å². The highest BCUT2D eigenvalue weighted by atomic mass is 79.9. The second kappa shape index (κ2) is 7.78. The second-order valence-electron chi connectivity index (χ2n) is 4.60. The van der Waals surface area contributed by atoms with E-state index in [0.29, 0.717) is 13.0 Å². The van der Waals surface area contributed by atoms with Crippen LogP contribution in [0.5, 0.6) is 5.75 Å². The Balaban J connectivity index is 1.76. The third-order valence-electron chi connectivity index (χ3n) is 2.99. The summed E-state index contributed by atoms with van der Waals surface area (Å²) in [5.41, 5.74) is 0.984. The van der Waals surface area contributed by atoms with Crippen molar-refractivity contribution >= 4 is 21.8 Å². The van der Waals surface area contributed by atoms with Crippen molar-refractivity contribution in [2.24, 2.45) is 0 Å². The number of hydrogen-bond donors (Lipinski definition) is 1. The number of benzene rings is 1. The van der Waals surface area contributed by atoms with Gasteiger partial charge in [0, 0.05) is 12.4 Å². The van der Waals surface area contributed by atoms with Crippen molar-refractivity contribution in [1.82, 2.24) is 10.3 Å². The van der Waals surface area contributed by atoms with Gasteiger partial charge in [0.2, 0.25) is 5.91 Å². The molecule has 0 radical (unpaired) electrons. The molecule has 1 aromatic carbocycles. The van der Waals surface area contributed by atoms with Gasteiger partial charge in [-0.1, -0.05) is 18.2 Å². The van der Waals surface area contributed by atoms with Gasteiger partial charge in [-0.25, -0.2) is 0 Å². The first-order chi connectivity index (χ1) is 10.2. The van der Waals surface area contributed by atoms with Crippen molar-refractivity contribution in [2.75, 3.05) is 6.61 Å². The zero-order valence-electron chi connectivity index (χ0n) is 11.8. The molecule has 0 unspecified atom stereocenters. The molecule has 2 rings (SSSR count). The van der Waals surface area contributed by atoms with Crippen molar-refractivity contribution in [3.63, 3.8) is 0 Å². The van der Waals surface area contributed by atoms with Gasteiger partial charge in [-0.2, -0.15) is 0 Å². The van der Waals surface area contributed by atoms with Crippen LogP contribution in [0.3, 0.4) is 0 Å². The van der Waals surface area contributed by atoms with Crippen molar-refractivity contribution in [2.45, 2.75) is 19.4 Å². The van der Waals surface area contributed by atoms with Crippen molar-refractivity contribution < 1.29 is 9.53 Å². The molecule has 0 aliphatic rings. The van der Waals surface area contributed by atoms with E-state index in [1.807, 2.05) is 43.3 Å². The lowest BCUT2D eigenvalue weighted by atomic mass is 10.1. The quantitative estimate of drug-likeness (QED) is 0.869. The lowest BCUT2D eigenvalue weighted by Crippen LogP contribution is -2.27. The van der Waals surface area contributed by atoms with E-state index in [1.165, 1.54) is 0 Å². The molecule has 0 saturated heterocycles. The molecule has 1 atom stereocenters. The Kier molecular flexibility index (Phi) is 5.75. The van der Waals surface area contributed by atoms with Crippen molar-refractivity contribution in [3.8, 4) is 5.75 Å². The maximum absolute atomic E-state index is 11.9. The molecular weight excluding hydrogens is 332 g/mol. The summed E-state index contributed by atoms with van der Waals surface area (Å²) < 4.78 is 6.46. The minimum atomic E-state index is -0.0605. The molecular formula is C16H17BrN2O2. The van der Waals surface area contributed by atoms with Gasteiger partial charge in [0.15, 0.2) is 0 Å². The fourth-order valence-corrected chi connectivity index (χ4v) is 2.24. The predicted octanol–water partition coefficient (Wildman–Crippen LogP) is 3.49. The monoisotopic (exact) mass is 348 g/mol. The summed E-state index contributed by atoms with van der Waals surface area (Å²) in [5.74, 6) is 0.698. The number of nitrogens with one attached hydrogen (secondary N) is 1. The summed E-state index contributed by atoms with van der Waals surface area (Å²) in [4.78, 5) is 15.9. The molecule has 0 aliphatic heterocycles. The van der Waals surface area contributed by atoms with Crippen LogP contribution < -0.4 is 10.1 Å². The molecule has 5 heteroatoms. The van der Waals surface area contributed by atoms with Crippen LogP contribution in [-0.2, 0) is 4.79 Å². The Morgan fingerprint density at radius 1 is 1.33 bits per heavy atom. The lowest BCUT2D eigenvalue weighted by molar-refractivity contribution is -0.122. The lowest BCUT2D eigenvalue weighted by Gasteiger charge is -2.14. The number of carbonyl (C=O) groups excluding carboxylic acids is 1. The number of rotatable bonds is 6. The van der Waals surface area contributed by atoms with Gasteiger partial charge in [-0.15, -0.1) is 0 Å². The third-order valence-corrected chi connectivity index (χ3v) is 3.64. The molecule has 110 valence electrons. The van der Waals surface area contributed by atoms with Gasteiger partial charge in [0.1, 0.15) is 5.75 Å². The normalized spacial score (nSPS) is 11.7. The Morgan fingerprint density at radius 2 is 2.14 bits per heavy atom. The topological polar surface area (TPSA) is 51.2 Å². The summed E-state index contributed by atoms with van der Waals surface area (Å²) in [6, 6.07) is 11.3. The number of halogens is 1. The maximum Gasteiger partial charge on any atom is 0.223 e. The minimum absolute atomic E-state index is 0.0431. The van der Waals surface area contributed by atoms with Gasteiger partial charge < -0.3 is 10.1 Å². The number of nitrogens with zero attached hydrogens (tertiary/aromatic N) is 1. The minimum Gasteiger partial charge on any atom is -0.492 e. The van der Waals surface area contributed by atoms with E-state index in [2.05, 4.69) is 26.2 Å². The van der Waals surface area contributed by atoms with E-state index in [1.54, 1.807) is 12.4 Å². The highest BCUT2D eigenvalue weighted by Crippen LogP contribution is 2.23. The van der Waals surface area contributed by atoms with Crippen LogP contribution in [0.1, 0.15) is 24.9 Å². The van der Waals surface area contributed by atoms with Gasteiger partial charge >= 0.3 is 0 Å². The van der Waals surface area contributed by atoms with Gasteiger partial charge in [-0.3, -0.25) is 9.78 Å². The smallest absolute Gasteiger partial charge is 0.223 e. The van der Waals surface area contributed by atoms with Crippen LogP contribution in [0.4, 0.5) is 0 Å². The van der Waals surface area contributed by atoms with Crippen LogP contribution in [0, 0.1) is 0 Å².